The van der Waals surface area contributed by atoms with E-state index in [0.29, 0.717) is 27.6 Å². The molecule has 0 bridgehead atoms. The molecule has 0 radical (unpaired) electrons. The van der Waals surface area contributed by atoms with Crippen LogP contribution in [0.3, 0.4) is 0 Å². The van der Waals surface area contributed by atoms with Crippen molar-refractivity contribution in [2.45, 2.75) is 32.4 Å². The van der Waals surface area contributed by atoms with Crippen LogP contribution < -0.4 is 21.3 Å². The number of amides is 5. The number of aliphatic hydroxyl groups excluding tert-OH is 1. The summed E-state index contributed by atoms with van der Waals surface area (Å²) in [7, 11) is 0. The number of hydrogen-bond acceptors (Lipinski definition) is 8. The molecule has 1 fully saturated rings. The van der Waals surface area contributed by atoms with E-state index in [1.165, 1.54) is 26.9 Å². The van der Waals surface area contributed by atoms with Crippen molar-refractivity contribution < 1.29 is 24.3 Å². The first-order chi connectivity index (χ1) is 19.6. The Morgan fingerprint density at radius 1 is 1.07 bits per heavy atom. The van der Waals surface area contributed by atoms with Crippen LogP contribution in [-0.2, 0) is 20.8 Å². The summed E-state index contributed by atoms with van der Waals surface area (Å²) in [5.74, 6) is -2.45. The second-order valence-electron chi connectivity index (χ2n) is 9.79. The Morgan fingerprint density at radius 2 is 1.80 bits per heavy atom. The van der Waals surface area contributed by atoms with Gasteiger partial charge >= 0.3 is 17.8 Å². The van der Waals surface area contributed by atoms with E-state index in [1.807, 2.05) is 13.8 Å². The van der Waals surface area contributed by atoms with Crippen molar-refractivity contribution in [2.24, 2.45) is 11.7 Å². The van der Waals surface area contributed by atoms with E-state index >= 15 is 0 Å². The van der Waals surface area contributed by atoms with Gasteiger partial charge in [-0.3, -0.25) is 14.4 Å². The predicted octanol–water partition coefficient (Wildman–Crippen LogP) is 0.726. The van der Waals surface area contributed by atoms with Crippen LogP contribution in [0.4, 0.5) is 16.2 Å². The number of anilines is 2. The van der Waals surface area contributed by atoms with E-state index in [0.717, 1.165) is 0 Å². The number of carbonyl (C=O) groups excluding carboxylic acids is 4. The molecule has 0 spiro atoms. The van der Waals surface area contributed by atoms with Gasteiger partial charge in [-0.2, -0.15) is 4.68 Å². The Balaban J connectivity index is 1.45. The number of tetrazole rings is 1. The van der Waals surface area contributed by atoms with Crippen LogP contribution in [-0.4, -0.2) is 85.7 Å². The van der Waals surface area contributed by atoms with E-state index in [1.54, 1.807) is 36.4 Å². The van der Waals surface area contributed by atoms with Gasteiger partial charge in [0.05, 0.1) is 24.0 Å². The number of benzene rings is 2. The number of urea groups is 1. The summed E-state index contributed by atoms with van der Waals surface area (Å²) in [6.45, 7) is 3.70. The SMILES string of the molecule is CC(C)[C@@H](CO)NC(=O)Nc1ccc(C[C@@H](C(N)=O)N2CCN(c3cc(Cl)ccc3-n3cnnn3)C(=O)C2=O)cc1. The number of nitrogens with one attached hydrogen (secondary N) is 2. The topological polar surface area (TPSA) is 189 Å². The first-order valence-corrected chi connectivity index (χ1v) is 13.2. The lowest BCUT2D eigenvalue weighted by Crippen LogP contribution is -2.60. The molecule has 1 aliphatic heterocycles. The number of nitrogens with zero attached hydrogens (tertiary/aromatic N) is 6. The molecule has 216 valence electrons. The molecule has 0 unspecified atom stereocenters. The number of aromatic nitrogens is 4. The molecule has 1 aliphatic rings. The average Bonchev–Trinajstić information content (AvgIpc) is 3.47. The van der Waals surface area contributed by atoms with Crippen molar-refractivity contribution in [1.82, 2.24) is 30.4 Å². The summed E-state index contributed by atoms with van der Waals surface area (Å²) >= 11 is 6.18. The number of hydrogen-bond donors (Lipinski definition) is 4. The molecule has 15 heteroatoms. The molecule has 4 rings (SSSR count). The summed E-state index contributed by atoms with van der Waals surface area (Å²) in [5.41, 5.74) is 7.60. The zero-order valence-corrected chi connectivity index (χ0v) is 23.2. The Morgan fingerprint density at radius 3 is 2.41 bits per heavy atom. The summed E-state index contributed by atoms with van der Waals surface area (Å²) in [5, 5.41) is 26.2. The quantitative estimate of drug-likeness (QED) is 0.251. The Hall–Kier alpha value is -4.56. The highest BCUT2D eigenvalue weighted by Crippen LogP contribution is 2.29. The predicted molar refractivity (Wildman–Crippen MR) is 149 cm³/mol. The van der Waals surface area contributed by atoms with Crippen LogP contribution in [0.15, 0.2) is 48.8 Å². The normalized spacial score (nSPS) is 15.1. The standard InChI is InChI=1S/C26H30ClN9O5/c1-15(2)19(13-37)31-26(41)30-18-6-3-16(4-7-18)11-22(23(28)38)35-10-9-34(24(39)25(35)40)21-12-17(27)5-8-20(21)36-14-29-32-33-36/h3-8,12,14-15,19,22,37H,9-11,13H2,1-2H3,(H2,28,38)(H2,30,31,41)/t19-,22+/m1/s1. The zero-order chi connectivity index (χ0) is 29.7. The van der Waals surface area contributed by atoms with Gasteiger partial charge in [0.15, 0.2) is 0 Å². The van der Waals surface area contributed by atoms with Crippen LogP contribution in [0.25, 0.3) is 5.69 Å². The highest BCUT2D eigenvalue weighted by atomic mass is 35.5. The van der Waals surface area contributed by atoms with Gasteiger partial charge in [0.1, 0.15) is 12.4 Å². The van der Waals surface area contributed by atoms with Gasteiger partial charge < -0.3 is 31.3 Å². The highest BCUT2D eigenvalue weighted by Gasteiger charge is 2.40. The van der Waals surface area contributed by atoms with Gasteiger partial charge in [-0.25, -0.2) is 4.79 Å². The van der Waals surface area contributed by atoms with Gasteiger partial charge in [-0.15, -0.1) is 5.10 Å². The first kappa shape index (κ1) is 29.4. The molecule has 14 nitrogen and oxygen atoms in total. The molecule has 3 aromatic rings. The third-order valence-electron chi connectivity index (χ3n) is 6.74. The first-order valence-electron chi connectivity index (χ1n) is 12.8. The molecule has 2 heterocycles. The summed E-state index contributed by atoms with van der Waals surface area (Å²) in [4.78, 5) is 53.6. The summed E-state index contributed by atoms with van der Waals surface area (Å²) < 4.78 is 1.35. The van der Waals surface area contributed by atoms with E-state index in [2.05, 4.69) is 26.2 Å². The Labute approximate surface area is 240 Å². The maximum atomic E-state index is 13.3. The Kier molecular flexibility index (Phi) is 9.14. The number of piperazine rings is 1. The lowest BCUT2D eigenvalue weighted by molar-refractivity contribution is -0.150. The van der Waals surface area contributed by atoms with E-state index in [9.17, 15) is 24.3 Å². The van der Waals surface area contributed by atoms with Crippen molar-refractivity contribution in [2.75, 3.05) is 29.9 Å². The van der Waals surface area contributed by atoms with E-state index in [-0.39, 0.29) is 32.0 Å². The maximum Gasteiger partial charge on any atom is 0.319 e. The smallest absolute Gasteiger partial charge is 0.319 e. The lowest BCUT2D eigenvalue weighted by atomic mass is 10.0. The molecule has 41 heavy (non-hydrogen) atoms. The number of aliphatic hydroxyl groups is 1. The maximum absolute atomic E-state index is 13.3. The molecule has 1 aromatic heterocycles. The monoisotopic (exact) mass is 583 g/mol. The minimum Gasteiger partial charge on any atom is -0.394 e. The van der Waals surface area contributed by atoms with E-state index < -0.39 is 35.8 Å². The molecule has 0 aliphatic carbocycles. The summed E-state index contributed by atoms with van der Waals surface area (Å²) in [6, 6.07) is 9.48. The van der Waals surface area contributed by atoms with Crippen molar-refractivity contribution in [3.63, 3.8) is 0 Å². The zero-order valence-electron chi connectivity index (χ0n) is 22.4. The molecule has 5 N–H and O–H groups in total. The van der Waals surface area contributed by atoms with Crippen LogP contribution in [0.2, 0.25) is 5.02 Å². The fraction of sp³-hybridized carbons (Fsp3) is 0.346. The second-order valence-corrected chi connectivity index (χ2v) is 10.2. The summed E-state index contributed by atoms with van der Waals surface area (Å²) in [6.07, 6.45) is 1.41. The van der Waals surface area contributed by atoms with Crippen molar-refractivity contribution in [3.05, 3.63) is 59.4 Å². The number of rotatable bonds is 10. The van der Waals surface area contributed by atoms with Gasteiger partial charge in [0.25, 0.3) is 0 Å². The second kappa shape index (κ2) is 12.7. The van der Waals surface area contributed by atoms with Crippen LogP contribution >= 0.6 is 11.6 Å². The third-order valence-corrected chi connectivity index (χ3v) is 6.98. The number of carbonyl (C=O) groups is 4. The number of primary amides is 1. The highest BCUT2D eigenvalue weighted by molar-refractivity contribution is 6.41. The minimum absolute atomic E-state index is 0.0431. The van der Waals surface area contributed by atoms with Gasteiger partial charge in [0.2, 0.25) is 5.91 Å². The largest absolute Gasteiger partial charge is 0.394 e. The molecule has 2 aromatic carbocycles. The molecular weight excluding hydrogens is 554 g/mol. The van der Waals surface area contributed by atoms with Crippen LogP contribution in [0.1, 0.15) is 19.4 Å². The molecular formula is C26H30ClN9O5. The molecule has 2 atom stereocenters. The fourth-order valence-electron chi connectivity index (χ4n) is 4.43. The van der Waals surface area contributed by atoms with Crippen molar-refractivity contribution in [3.8, 4) is 5.69 Å². The van der Waals surface area contributed by atoms with Gasteiger partial charge in [-0.1, -0.05) is 37.6 Å². The molecule has 0 saturated carbocycles. The Bertz CT molecular complexity index is 1420. The molecule has 1 saturated heterocycles. The van der Waals surface area contributed by atoms with Crippen molar-refractivity contribution >= 4 is 46.7 Å². The van der Waals surface area contributed by atoms with Gasteiger partial charge in [0, 0.05) is 30.2 Å². The van der Waals surface area contributed by atoms with Crippen molar-refractivity contribution in [1.29, 1.82) is 0 Å². The lowest BCUT2D eigenvalue weighted by Gasteiger charge is -2.37. The molecule has 5 amide bonds. The third kappa shape index (κ3) is 6.78. The van der Waals surface area contributed by atoms with E-state index in [4.69, 9.17) is 17.3 Å². The fourth-order valence-corrected chi connectivity index (χ4v) is 4.59. The van der Waals surface area contributed by atoms with Gasteiger partial charge in [-0.05, 0) is 52.2 Å². The van der Waals surface area contributed by atoms with Crippen LogP contribution in [0.5, 0.6) is 0 Å². The minimum atomic E-state index is -1.08. The number of halogens is 1. The van der Waals surface area contributed by atoms with Crippen LogP contribution in [0, 0.1) is 5.92 Å². The number of nitrogens with two attached hydrogens (primary N) is 1. The average molecular weight is 584 g/mol.